The van der Waals surface area contributed by atoms with E-state index in [0.717, 1.165) is 29.7 Å². The predicted octanol–water partition coefficient (Wildman–Crippen LogP) is 4.97. The molecule has 0 saturated heterocycles. The summed E-state index contributed by atoms with van der Waals surface area (Å²) in [6.07, 6.45) is 2.71. The first-order valence-electron chi connectivity index (χ1n) is 10.1. The second kappa shape index (κ2) is 12.2. The number of ether oxygens (including phenoxy) is 4. The molecule has 0 radical (unpaired) electrons. The molecule has 2 aromatic rings. The fourth-order valence-corrected chi connectivity index (χ4v) is 2.65. The maximum absolute atomic E-state index is 11.3. The molecule has 0 N–H and O–H groups in total. The summed E-state index contributed by atoms with van der Waals surface area (Å²) in [5, 5.41) is 0. The quantitative estimate of drug-likeness (QED) is 0.272. The van der Waals surface area contributed by atoms with Gasteiger partial charge in [0.15, 0.2) is 0 Å². The zero-order valence-electron chi connectivity index (χ0n) is 17.9. The fourth-order valence-electron chi connectivity index (χ4n) is 2.65. The minimum Gasteiger partial charge on any atom is -0.455 e. The predicted molar refractivity (Wildman–Crippen MR) is 118 cm³/mol. The molecular weight excluding hydrogens is 396 g/mol. The van der Waals surface area contributed by atoms with Gasteiger partial charge in [-0.25, -0.2) is 9.59 Å². The van der Waals surface area contributed by atoms with Crippen molar-refractivity contribution in [2.24, 2.45) is 0 Å². The molecule has 6 nitrogen and oxygen atoms in total. The Morgan fingerprint density at radius 3 is 1.39 bits per heavy atom. The summed E-state index contributed by atoms with van der Waals surface area (Å²) in [4.78, 5) is 22.7. The lowest BCUT2D eigenvalue weighted by Gasteiger charge is -2.17. The van der Waals surface area contributed by atoms with E-state index >= 15 is 0 Å². The molecule has 0 aromatic heterocycles. The molecule has 0 amide bonds. The molecule has 31 heavy (non-hydrogen) atoms. The van der Waals surface area contributed by atoms with Gasteiger partial charge >= 0.3 is 11.9 Å². The number of rotatable bonds is 12. The Kier molecular flexibility index (Phi) is 9.36. The van der Waals surface area contributed by atoms with Crippen molar-refractivity contribution in [1.29, 1.82) is 0 Å². The van der Waals surface area contributed by atoms with Crippen LogP contribution in [-0.2, 0) is 25.5 Å². The van der Waals surface area contributed by atoms with Crippen molar-refractivity contribution >= 4 is 11.9 Å². The van der Waals surface area contributed by atoms with E-state index in [1.807, 2.05) is 62.4 Å². The van der Waals surface area contributed by atoms with E-state index < -0.39 is 24.5 Å². The largest absolute Gasteiger partial charge is 0.455 e. The third-order valence-corrected chi connectivity index (χ3v) is 4.29. The first-order valence-corrected chi connectivity index (χ1v) is 10.1. The lowest BCUT2D eigenvalue weighted by Crippen LogP contribution is -2.22. The Morgan fingerprint density at radius 1 is 0.742 bits per heavy atom. The molecule has 6 heteroatoms. The summed E-state index contributed by atoms with van der Waals surface area (Å²) < 4.78 is 21.6. The highest BCUT2D eigenvalue weighted by atomic mass is 16.7. The highest BCUT2D eigenvalue weighted by molar-refractivity contribution is 5.81. The molecule has 0 aliphatic heterocycles. The highest BCUT2D eigenvalue weighted by Gasteiger charge is 2.13. The van der Waals surface area contributed by atoms with Crippen molar-refractivity contribution in [3.8, 4) is 11.5 Å². The number of carbonyl (C=O) groups excluding carboxylic acids is 2. The molecular formula is C25H28O6. The average molecular weight is 424 g/mol. The monoisotopic (exact) mass is 424 g/mol. The van der Waals surface area contributed by atoms with Crippen LogP contribution in [0.15, 0.2) is 73.8 Å². The van der Waals surface area contributed by atoms with Gasteiger partial charge in [0, 0.05) is 25.0 Å². The van der Waals surface area contributed by atoms with Crippen molar-refractivity contribution in [2.75, 3.05) is 0 Å². The number of hydrogen-bond donors (Lipinski definition) is 0. The van der Waals surface area contributed by atoms with Crippen LogP contribution < -0.4 is 9.47 Å². The van der Waals surface area contributed by atoms with Gasteiger partial charge in [0.25, 0.3) is 0 Å². The Labute approximate surface area is 183 Å². The summed E-state index contributed by atoms with van der Waals surface area (Å²) in [6, 6.07) is 15.2. The van der Waals surface area contributed by atoms with E-state index in [2.05, 4.69) is 13.2 Å². The van der Waals surface area contributed by atoms with E-state index in [-0.39, 0.29) is 0 Å². The Bertz CT molecular complexity index is 796. The van der Waals surface area contributed by atoms with Crippen molar-refractivity contribution in [3.05, 3.63) is 85.0 Å². The normalized spacial score (nSPS) is 12.2. The van der Waals surface area contributed by atoms with Crippen LogP contribution in [0, 0.1) is 0 Å². The molecule has 2 rings (SSSR count). The molecule has 0 spiro atoms. The van der Waals surface area contributed by atoms with E-state index in [4.69, 9.17) is 18.9 Å². The molecule has 0 aliphatic carbocycles. The summed E-state index contributed by atoms with van der Waals surface area (Å²) in [7, 11) is 0. The van der Waals surface area contributed by atoms with Gasteiger partial charge in [0.2, 0.25) is 12.6 Å². The zero-order chi connectivity index (χ0) is 22.6. The average Bonchev–Trinajstić information content (AvgIpc) is 2.80. The van der Waals surface area contributed by atoms with Crippen LogP contribution in [0.1, 0.15) is 37.8 Å². The fraction of sp³-hybridized carbons (Fsp3) is 0.280. The topological polar surface area (TPSA) is 71.1 Å². The zero-order valence-corrected chi connectivity index (χ0v) is 17.9. The number of hydrogen-bond acceptors (Lipinski definition) is 6. The van der Waals surface area contributed by atoms with Crippen LogP contribution in [0.4, 0.5) is 0 Å². The molecule has 2 unspecified atom stereocenters. The van der Waals surface area contributed by atoms with Crippen LogP contribution in [0.25, 0.3) is 0 Å². The van der Waals surface area contributed by atoms with Crippen molar-refractivity contribution in [3.63, 3.8) is 0 Å². The molecule has 0 aliphatic rings. The summed E-state index contributed by atoms with van der Waals surface area (Å²) in [5.74, 6) is 0.215. The summed E-state index contributed by atoms with van der Waals surface area (Å²) >= 11 is 0. The molecule has 0 heterocycles. The van der Waals surface area contributed by atoms with Gasteiger partial charge in [-0.05, 0) is 41.8 Å². The van der Waals surface area contributed by atoms with Crippen LogP contribution in [0.3, 0.4) is 0 Å². The Morgan fingerprint density at radius 2 is 1.10 bits per heavy atom. The Balaban J connectivity index is 1.92. The Hall–Kier alpha value is -3.54. The number of benzene rings is 2. The van der Waals surface area contributed by atoms with Crippen molar-refractivity contribution in [2.45, 2.75) is 45.7 Å². The molecule has 0 bridgehead atoms. The first kappa shape index (κ1) is 23.7. The van der Waals surface area contributed by atoms with E-state index in [9.17, 15) is 9.59 Å². The van der Waals surface area contributed by atoms with E-state index in [0.29, 0.717) is 24.3 Å². The highest BCUT2D eigenvalue weighted by Crippen LogP contribution is 2.20. The third kappa shape index (κ3) is 8.01. The molecule has 164 valence electrons. The SMILES string of the molecule is C=CC(=O)OC(CC)Oc1ccc(Cc2ccc(OC(CC)OC(=O)C=C)cc2)cc1. The van der Waals surface area contributed by atoms with Crippen molar-refractivity contribution < 1.29 is 28.5 Å². The van der Waals surface area contributed by atoms with Crippen LogP contribution in [0.5, 0.6) is 11.5 Å². The molecule has 0 saturated carbocycles. The van der Waals surface area contributed by atoms with Gasteiger partial charge in [-0.2, -0.15) is 0 Å². The van der Waals surface area contributed by atoms with Crippen molar-refractivity contribution in [1.82, 2.24) is 0 Å². The lowest BCUT2D eigenvalue weighted by atomic mass is 10.0. The van der Waals surface area contributed by atoms with Gasteiger partial charge in [-0.1, -0.05) is 51.3 Å². The molecule has 2 aromatic carbocycles. The molecule has 2 atom stereocenters. The van der Waals surface area contributed by atoms with Gasteiger partial charge < -0.3 is 18.9 Å². The van der Waals surface area contributed by atoms with Crippen LogP contribution >= 0.6 is 0 Å². The lowest BCUT2D eigenvalue weighted by molar-refractivity contribution is -0.158. The maximum atomic E-state index is 11.3. The second-order valence-electron chi connectivity index (χ2n) is 6.66. The van der Waals surface area contributed by atoms with Crippen LogP contribution in [-0.4, -0.2) is 24.5 Å². The van der Waals surface area contributed by atoms with Gasteiger partial charge in [0.1, 0.15) is 11.5 Å². The van der Waals surface area contributed by atoms with Gasteiger partial charge in [-0.3, -0.25) is 0 Å². The van der Waals surface area contributed by atoms with E-state index in [1.54, 1.807) is 0 Å². The van der Waals surface area contributed by atoms with Crippen LogP contribution in [0.2, 0.25) is 0 Å². The summed E-state index contributed by atoms with van der Waals surface area (Å²) in [5.41, 5.74) is 2.20. The minimum atomic E-state index is -0.651. The third-order valence-electron chi connectivity index (χ3n) is 4.29. The number of esters is 2. The smallest absolute Gasteiger partial charge is 0.333 e. The second-order valence-corrected chi connectivity index (χ2v) is 6.66. The van der Waals surface area contributed by atoms with E-state index in [1.165, 1.54) is 0 Å². The first-order chi connectivity index (χ1) is 15.0. The maximum Gasteiger partial charge on any atom is 0.333 e. The molecule has 0 fully saturated rings. The summed E-state index contributed by atoms with van der Waals surface area (Å²) in [6.45, 7) is 10.5. The van der Waals surface area contributed by atoms with Gasteiger partial charge in [-0.15, -0.1) is 0 Å². The number of carbonyl (C=O) groups is 2. The minimum absolute atomic E-state index is 0.514. The van der Waals surface area contributed by atoms with Gasteiger partial charge in [0.05, 0.1) is 0 Å². The standard InChI is InChI=1S/C25H28O6/c1-5-22(26)30-24(7-3)28-20-13-9-18(10-14-20)17-19-11-15-21(16-12-19)29-25(8-4)31-23(27)6-2/h5-6,9-16,24-25H,1-2,7-8,17H2,3-4H3.